The fraction of sp³-hybridized carbons (Fsp3) is 0.318. The summed E-state index contributed by atoms with van der Waals surface area (Å²) in [5.74, 6) is -0.264. The molecule has 0 aliphatic rings. The summed E-state index contributed by atoms with van der Waals surface area (Å²) in [5.41, 5.74) is 0.315. The Balaban J connectivity index is 1.83. The number of carbonyl (C=O) groups is 3. The molecule has 0 saturated carbocycles. The Labute approximate surface area is 174 Å². The fourth-order valence-corrected chi connectivity index (χ4v) is 3.09. The van der Waals surface area contributed by atoms with E-state index in [4.69, 9.17) is 9.47 Å². The van der Waals surface area contributed by atoms with Gasteiger partial charge in [0.2, 0.25) is 11.7 Å². The molecule has 0 fully saturated rings. The number of ether oxygens (including phenoxy) is 2. The molecular formula is C22H25NO5S. The number of Topliss-reactive ketones (excluding diaryl/α,β-unsaturated/α-hetero) is 1. The Morgan fingerprint density at radius 3 is 2.59 bits per heavy atom. The van der Waals surface area contributed by atoms with E-state index in [1.54, 1.807) is 37.5 Å². The fourth-order valence-electron chi connectivity index (χ4n) is 2.22. The number of ketones is 1. The number of hydrogen-bond donors (Lipinski definition) is 1. The smallest absolute Gasteiger partial charge is 0.331 e. The zero-order chi connectivity index (χ0) is 21.4. The van der Waals surface area contributed by atoms with Gasteiger partial charge in [-0.25, -0.2) is 4.79 Å². The Morgan fingerprint density at radius 1 is 1.14 bits per heavy atom. The monoisotopic (exact) mass is 415 g/mol. The highest BCUT2D eigenvalue weighted by atomic mass is 32.1. The summed E-state index contributed by atoms with van der Waals surface area (Å²) in [5, 5.41) is 2.84. The van der Waals surface area contributed by atoms with Crippen LogP contribution in [0.3, 0.4) is 0 Å². The molecule has 2 rings (SSSR count). The predicted molar refractivity (Wildman–Crippen MR) is 113 cm³/mol. The molecule has 0 spiro atoms. The van der Waals surface area contributed by atoms with Crippen molar-refractivity contribution in [3.63, 3.8) is 0 Å². The molecule has 154 valence electrons. The second-order valence-electron chi connectivity index (χ2n) is 7.34. The lowest BCUT2D eigenvalue weighted by Gasteiger charge is -2.17. The van der Waals surface area contributed by atoms with Crippen molar-refractivity contribution >= 4 is 35.1 Å². The minimum Gasteiger partial charge on any atom is -0.497 e. The molecule has 1 aromatic carbocycles. The van der Waals surface area contributed by atoms with Gasteiger partial charge in [-0.05, 0) is 35.9 Å². The van der Waals surface area contributed by atoms with Crippen LogP contribution in [0.25, 0.3) is 6.08 Å². The lowest BCUT2D eigenvalue weighted by Crippen LogP contribution is -2.34. The van der Waals surface area contributed by atoms with Gasteiger partial charge in [0.15, 0.2) is 6.61 Å². The first-order valence-electron chi connectivity index (χ1n) is 9.08. The summed E-state index contributed by atoms with van der Waals surface area (Å²) in [6.45, 7) is 5.53. The van der Waals surface area contributed by atoms with Crippen molar-refractivity contribution < 1.29 is 23.9 Å². The zero-order valence-corrected chi connectivity index (χ0v) is 17.8. The number of esters is 1. The zero-order valence-electron chi connectivity index (χ0n) is 17.0. The molecule has 2 aromatic rings. The number of amides is 1. The van der Waals surface area contributed by atoms with E-state index < -0.39 is 11.4 Å². The minimum atomic E-state index is -0.601. The molecule has 0 atom stereocenters. The van der Waals surface area contributed by atoms with Crippen LogP contribution in [0.1, 0.15) is 40.9 Å². The molecule has 1 heterocycles. The third kappa shape index (κ3) is 7.19. The maximum absolute atomic E-state index is 12.2. The second-order valence-corrected chi connectivity index (χ2v) is 8.51. The number of benzene rings is 1. The number of nitrogens with one attached hydrogen (secondary N) is 1. The molecule has 0 aliphatic heterocycles. The van der Waals surface area contributed by atoms with Gasteiger partial charge >= 0.3 is 5.97 Å². The Morgan fingerprint density at radius 2 is 1.90 bits per heavy atom. The molecule has 0 unspecified atom stereocenters. The number of rotatable bonds is 8. The van der Waals surface area contributed by atoms with Crippen molar-refractivity contribution in [2.24, 2.45) is 5.41 Å². The maximum atomic E-state index is 12.2. The van der Waals surface area contributed by atoms with E-state index in [0.29, 0.717) is 17.2 Å². The molecule has 0 radical (unpaired) electrons. The van der Waals surface area contributed by atoms with Crippen molar-refractivity contribution in [3.8, 4) is 5.75 Å². The Hall–Kier alpha value is -2.93. The summed E-state index contributed by atoms with van der Waals surface area (Å²) < 4.78 is 10.1. The van der Waals surface area contributed by atoms with Crippen LogP contribution < -0.4 is 10.1 Å². The van der Waals surface area contributed by atoms with E-state index in [9.17, 15) is 14.4 Å². The van der Waals surface area contributed by atoms with Crippen molar-refractivity contribution in [2.75, 3.05) is 13.7 Å². The van der Waals surface area contributed by atoms with Gasteiger partial charge in [-0.3, -0.25) is 9.59 Å². The van der Waals surface area contributed by atoms with Gasteiger partial charge in [0.05, 0.1) is 18.5 Å². The van der Waals surface area contributed by atoms with Crippen LogP contribution in [0.15, 0.2) is 42.5 Å². The lowest BCUT2D eigenvalue weighted by atomic mass is 9.96. The Bertz CT molecular complexity index is 908. The lowest BCUT2D eigenvalue weighted by molar-refractivity contribution is -0.136. The number of carbonyl (C=O) groups excluding carboxylic acids is 3. The van der Waals surface area contributed by atoms with Crippen LogP contribution in [0.5, 0.6) is 5.75 Å². The quantitative estimate of drug-likeness (QED) is 0.402. The van der Waals surface area contributed by atoms with Gasteiger partial charge in [-0.15, -0.1) is 11.3 Å². The van der Waals surface area contributed by atoms with Crippen LogP contribution in [-0.4, -0.2) is 31.4 Å². The van der Waals surface area contributed by atoms with Crippen LogP contribution >= 0.6 is 11.3 Å². The molecule has 1 amide bonds. The summed E-state index contributed by atoms with van der Waals surface area (Å²) in [6, 6.07) is 10.7. The molecule has 0 aliphatic carbocycles. The van der Waals surface area contributed by atoms with Gasteiger partial charge in [-0.1, -0.05) is 32.9 Å². The van der Waals surface area contributed by atoms with E-state index in [0.717, 1.165) is 10.4 Å². The first-order valence-corrected chi connectivity index (χ1v) is 9.90. The standard InChI is InChI=1S/C22H25NO5S/c1-22(2,3)21(26)23-13-17-9-10-19(29-17)18(24)14-28-20(25)11-8-15-6-5-7-16(12-15)27-4/h5-12H,13-14H2,1-4H3,(H,23,26)/b11-8+. The molecule has 0 saturated heterocycles. The number of thiophene rings is 1. The topological polar surface area (TPSA) is 81.7 Å². The van der Waals surface area contributed by atoms with Gasteiger partial charge < -0.3 is 14.8 Å². The SMILES string of the molecule is COc1cccc(/C=C/C(=O)OCC(=O)c2ccc(CNC(=O)C(C)(C)C)s2)c1. The van der Waals surface area contributed by atoms with E-state index in [-0.39, 0.29) is 18.3 Å². The van der Waals surface area contributed by atoms with E-state index in [1.807, 2.05) is 32.9 Å². The molecule has 1 aromatic heterocycles. The van der Waals surface area contributed by atoms with Crippen LogP contribution in [0.2, 0.25) is 0 Å². The average Bonchev–Trinajstić information content (AvgIpc) is 3.17. The van der Waals surface area contributed by atoms with Gasteiger partial charge in [0, 0.05) is 16.4 Å². The predicted octanol–water partition coefficient (Wildman–Crippen LogP) is 3.86. The largest absolute Gasteiger partial charge is 0.497 e. The number of methoxy groups -OCH3 is 1. The Kier molecular flexibility index (Phi) is 7.73. The minimum absolute atomic E-state index is 0.0597. The molecular weight excluding hydrogens is 390 g/mol. The van der Waals surface area contributed by atoms with Crippen LogP contribution in [0, 0.1) is 5.41 Å². The van der Waals surface area contributed by atoms with E-state index >= 15 is 0 Å². The first-order chi connectivity index (χ1) is 13.7. The van der Waals surface area contributed by atoms with Gasteiger partial charge in [0.1, 0.15) is 5.75 Å². The summed E-state index contributed by atoms with van der Waals surface area (Å²) in [6.07, 6.45) is 2.86. The molecule has 29 heavy (non-hydrogen) atoms. The van der Waals surface area contributed by atoms with E-state index in [1.165, 1.54) is 17.4 Å². The van der Waals surface area contributed by atoms with Crippen molar-refractivity contribution in [3.05, 3.63) is 57.8 Å². The highest BCUT2D eigenvalue weighted by molar-refractivity contribution is 7.14. The second kappa shape index (κ2) is 10.0. The number of hydrogen-bond acceptors (Lipinski definition) is 6. The van der Waals surface area contributed by atoms with Crippen molar-refractivity contribution in [1.82, 2.24) is 5.32 Å². The normalized spacial score (nSPS) is 11.3. The van der Waals surface area contributed by atoms with Crippen molar-refractivity contribution in [1.29, 1.82) is 0 Å². The average molecular weight is 416 g/mol. The molecule has 0 bridgehead atoms. The van der Waals surface area contributed by atoms with Gasteiger partial charge in [-0.2, -0.15) is 0 Å². The molecule has 7 heteroatoms. The highest BCUT2D eigenvalue weighted by Gasteiger charge is 2.21. The summed E-state index contributed by atoms with van der Waals surface area (Å²) >= 11 is 1.27. The third-order valence-corrected chi connectivity index (χ3v) is 5.02. The van der Waals surface area contributed by atoms with E-state index in [2.05, 4.69) is 5.32 Å². The third-order valence-electron chi connectivity index (χ3n) is 3.89. The first kappa shape index (κ1) is 22.4. The maximum Gasteiger partial charge on any atom is 0.331 e. The molecule has 6 nitrogen and oxygen atoms in total. The highest BCUT2D eigenvalue weighted by Crippen LogP contribution is 2.19. The van der Waals surface area contributed by atoms with Crippen LogP contribution in [0.4, 0.5) is 0 Å². The van der Waals surface area contributed by atoms with Crippen LogP contribution in [-0.2, 0) is 20.9 Å². The summed E-state index contributed by atoms with van der Waals surface area (Å²) in [4.78, 5) is 37.3. The van der Waals surface area contributed by atoms with Crippen molar-refractivity contribution in [2.45, 2.75) is 27.3 Å². The van der Waals surface area contributed by atoms with Gasteiger partial charge in [0.25, 0.3) is 0 Å². The summed E-state index contributed by atoms with van der Waals surface area (Å²) in [7, 11) is 1.57. The molecule has 1 N–H and O–H groups in total.